The summed E-state index contributed by atoms with van der Waals surface area (Å²) in [4.78, 5) is 27.6. The van der Waals surface area contributed by atoms with Crippen LogP contribution in [0.4, 0.5) is 0 Å². The largest absolute Gasteiger partial charge is 0.480 e. The molecular formula is C16H15N3O3. The lowest BCUT2D eigenvalue weighted by Gasteiger charge is -2.19. The van der Waals surface area contributed by atoms with Gasteiger partial charge in [-0.25, -0.2) is 4.79 Å². The van der Waals surface area contributed by atoms with Crippen molar-refractivity contribution in [1.82, 2.24) is 10.3 Å². The van der Waals surface area contributed by atoms with Crippen LogP contribution in [0, 0.1) is 17.2 Å². The molecule has 6 nitrogen and oxygen atoms in total. The summed E-state index contributed by atoms with van der Waals surface area (Å²) in [6, 6.07) is 9.79. The molecule has 0 spiro atoms. The van der Waals surface area contributed by atoms with Gasteiger partial charge in [0.25, 0.3) is 5.91 Å². The van der Waals surface area contributed by atoms with Gasteiger partial charge in [0.05, 0.1) is 17.1 Å². The van der Waals surface area contributed by atoms with E-state index in [0.29, 0.717) is 0 Å². The number of carbonyl (C=O) groups is 2. The summed E-state index contributed by atoms with van der Waals surface area (Å²) in [6.07, 6.45) is 1.46. The maximum atomic E-state index is 12.2. The lowest BCUT2D eigenvalue weighted by Crippen LogP contribution is -2.45. The van der Waals surface area contributed by atoms with Crippen LogP contribution < -0.4 is 5.32 Å². The van der Waals surface area contributed by atoms with Gasteiger partial charge >= 0.3 is 5.97 Å². The van der Waals surface area contributed by atoms with E-state index >= 15 is 0 Å². The highest BCUT2D eigenvalue weighted by molar-refractivity contribution is 5.99. The minimum Gasteiger partial charge on any atom is -0.480 e. The van der Waals surface area contributed by atoms with Crippen LogP contribution in [0.15, 0.2) is 36.5 Å². The normalized spacial score (nSPS) is 13.1. The lowest BCUT2D eigenvalue weighted by atomic mass is 9.98. The Morgan fingerprint density at radius 2 is 2.14 bits per heavy atom. The number of amides is 1. The molecule has 112 valence electrons. The maximum Gasteiger partial charge on any atom is 0.326 e. The van der Waals surface area contributed by atoms with Crippen LogP contribution in [0.5, 0.6) is 0 Å². The Bertz CT molecular complexity index is 752. The molecule has 0 fully saturated rings. The number of carbonyl (C=O) groups excluding carboxylic acids is 1. The third kappa shape index (κ3) is 3.38. The van der Waals surface area contributed by atoms with E-state index in [-0.39, 0.29) is 12.0 Å². The van der Waals surface area contributed by atoms with Crippen molar-refractivity contribution in [2.75, 3.05) is 0 Å². The molecule has 0 radical (unpaired) electrons. The summed E-state index contributed by atoms with van der Waals surface area (Å²) in [5.41, 5.74) is 1.04. The van der Waals surface area contributed by atoms with Gasteiger partial charge in [-0.3, -0.25) is 9.78 Å². The summed E-state index contributed by atoms with van der Waals surface area (Å²) in [7, 11) is 0. The van der Waals surface area contributed by atoms with Crippen molar-refractivity contribution in [1.29, 1.82) is 5.26 Å². The van der Waals surface area contributed by atoms with E-state index in [1.165, 1.54) is 6.20 Å². The highest BCUT2D eigenvalue weighted by atomic mass is 16.4. The minimum absolute atomic E-state index is 0.0488. The van der Waals surface area contributed by atoms with Crippen LogP contribution >= 0.6 is 0 Å². The van der Waals surface area contributed by atoms with Gasteiger partial charge in [0.1, 0.15) is 6.04 Å². The first kappa shape index (κ1) is 15.4. The molecule has 6 heteroatoms. The number of para-hydroxylation sites is 1. The number of hydrogen-bond acceptors (Lipinski definition) is 4. The Kier molecular flexibility index (Phi) is 4.69. The fourth-order valence-corrected chi connectivity index (χ4v) is 2.13. The number of hydrogen-bond donors (Lipinski definition) is 2. The maximum absolute atomic E-state index is 12.2. The molecule has 1 aromatic heterocycles. The standard InChI is InChI=1S/C16H15N3O3/c1-10(6-7-17)14(16(21)22)19-15(20)12-8-11-4-2-3-5-13(11)18-9-12/h2-5,8-10,14H,6H2,1H3,(H,19,20)(H,21,22)/t10-,14+/m1/s1. The number of carboxylic acid groups (broad SMARTS) is 1. The van der Waals surface area contributed by atoms with Gasteiger partial charge < -0.3 is 10.4 Å². The number of benzene rings is 1. The summed E-state index contributed by atoms with van der Waals surface area (Å²) in [6.45, 7) is 1.61. The molecule has 2 aromatic rings. The molecule has 1 aromatic carbocycles. The molecular weight excluding hydrogens is 282 g/mol. The number of nitriles is 1. The quantitative estimate of drug-likeness (QED) is 0.878. The van der Waals surface area contributed by atoms with Gasteiger partial charge in [0.15, 0.2) is 0 Å². The highest BCUT2D eigenvalue weighted by Gasteiger charge is 2.26. The Hall–Kier alpha value is -2.94. The van der Waals surface area contributed by atoms with Crippen LogP contribution in [0.25, 0.3) is 10.9 Å². The SMILES string of the molecule is C[C@H](CC#N)[C@H](NC(=O)c1cnc2ccccc2c1)C(=O)O. The Morgan fingerprint density at radius 1 is 1.41 bits per heavy atom. The van der Waals surface area contributed by atoms with Crippen LogP contribution in [0.2, 0.25) is 0 Å². The van der Waals surface area contributed by atoms with E-state index in [4.69, 9.17) is 5.26 Å². The molecule has 1 amide bonds. The number of carboxylic acids is 1. The summed E-state index contributed by atoms with van der Waals surface area (Å²) < 4.78 is 0. The molecule has 0 saturated heterocycles. The van der Waals surface area contributed by atoms with Crippen molar-refractivity contribution in [2.45, 2.75) is 19.4 Å². The zero-order chi connectivity index (χ0) is 16.1. The molecule has 0 bridgehead atoms. The van der Waals surface area contributed by atoms with Gasteiger partial charge in [0.2, 0.25) is 0 Å². The second kappa shape index (κ2) is 6.68. The molecule has 22 heavy (non-hydrogen) atoms. The lowest BCUT2D eigenvalue weighted by molar-refractivity contribution is -0.140. The van der Waals surface area contributed by atoms with Crippen LogP contribution in [0.1, 0.15) is 23.7 Å². The van der Waals surface area contributed by atoms with Crippen LogP contribution in [-0.4, -0.2) is 28.0 Å². The third-order valence-corrected chi connectivity index (χ3v) is 3.39. The van der Waals surface area contributed by atoms with Crippen molar-refractivity contribution in [3.8, 4) is 6.07 Å². The van der Waals surface area contributed by atoms with Gasteiger partial charge in [-0.2, -0.15) is 5.26 Å². The Balaban J connectivity index is 2.21. The average molecular weight is 297 g/mol. The predicted molar refractivity (Wildman–Crippen MR) is 80.0 cm³/mol. The molecule has 0 aliphatic heterocycles. The van der Waals surface area contributed by atoms with Crippen molar-refractivity contribution < 1.29 is 14.7 Å². The van der Waals surface area contributed by atoms with Crippen molar-refractivity contribution in [3.63, 3.8) is 0 Å². The number of fused-ring (bicyclic) bond motifs is 1. The Labute approximate surface area is 127 Å². The number of aromatic nitrogens is 1. The van der Waals surface area contributed by atoms with E-state index in [2.05, 4.69) is 10.3 Å². The molecule has 2 atom stereocenters. The van der Waals surface area contributed by atoms with E-state index in [1.54, 1.807) is 13.0 Å². The van der Waals surface area contributed by atoms with Gasteiger partial charge in [-0.15, -0.1) is 0 Å². The molecule has 2 N–H and O–H groups in total. The molecule has 2 rings (SSSR count). The topological polar surface area (TPSA) is 103 Å². The van der Waals surface area contributed by atoms with E-state index in [1.807, 2.05) is 30.3 Å². The van der Waals surface area contributed by atoms with E-state index in [0.717, 1.165) is 10.9 Å². The van der Waals surface area contributed by atoms with Crippen LogP contribution in [-0.2, 0) is 4.79 Å². The summed E-state index contributed by atoms with van der Waals surface area (Å²) >= 11 is 0. The van der Waals surface area contributed by atoms with Gasteiger partial charge in [0, 0.05) is 23.9 Å². The van der Waals surface area contributed by atoms with Crippen molar-refractivity contribution in [3.05, 3.63) is 42.1 Å². The number of aliphatic carboxylic acids is 1. The first-order chi connectivity index (χ1) is 10.5. The van der Waals surface area contributed by atoms with Gasteiger partial charge in [-0.1, -0.05) is 25.1 Å². The van der Waals surface area contributed by atoms with Crippen molar-refractivity contribution in [2.24, 2.45) is 5.92 Å². The van der Waals surface area contributed by atoms with E-state index < -0.39 is 23.8 Å². The monoisotopic (exact) mass is 297 g/mol. The predicted octanol–water partition coefficient (Wildman–Crippen LogP) is 1.97. The zero-order valence-corrected chi connectivity index (χ0v) is 12.0. The fourth-order valence-electron chi connectivity index (χ4n) is 2.13. The summed E-state index contributed by atoms with van der Waals surface area (Å²) in [5, 5.41) is 21.1. The van der Waals surface area contributed by atoms with Crippen LogP contribution in [0.3, 0.4) is 0 Å². The first-order valence-electron chi connectivity index (χ1n) is 6.78. The average Bonchev–Trinajstić information content (AvgIpc) is 2.51. The zero-order valence-electron chi connectivity index (χ0n) is 12.0. The molecule has 0 aliphatic rings. The van der Waals surface area contributed by atoms with Gasteiger partial charge in [-0.05, 0) is 12.1 Å². The molecule has 1 heterocycles. The third-order valence-electron chi connectivity index (χ3n) is 3.39. The van der Waals surface area contributed by atoms with Crippen molar-refractivity contribution >= 4 is 22.8 Å². The summed E-state index contributed by atoms with van der Waals surface area (Å²) in [5.74, 6) is -2.17. The van der Waals surface area contributed by atoms with E-state index in [9.17, 15) is 14.7 Å². The number of pyridine rings is 1. The molecule has 0 aliphatic carbocycles. The highest BCUT2D eigenvalue weighted by Crippen LogP contribution is 2.14. The fraction of sp³-hybridized carbons (Fsp3) is 0.250. The molecule has 0 saturated carbocycles. The molecule has 0 unspecified atom stereocenters. The second-order valence-corrected chi connectivity index (χ2v) is 5.05. The number of nitrogens with zero attached hydrogens (tertiary/aromatic N) is 2. The number of rotatable bonds is 5. The first-order valence-corrected chi connectivity index (χ1v) is 6.78. The Morgan fingerprint density at radius 3 is 2.82 bits per heavy atom. The minimum atomic E-state index is -1.16. The number of nitrogens with one attached hydrogen (secondary N) is 1. The smallest absolute Gasteiger partial charge is 0.326 e. The second-order valence-electron chi connectivity index (χ2n) is 5.05.